The van der Waals surface area contributed by atoms with E-state index in [9.17, 15) is 14.4 Å². The summed E-state index contributed by atoms with van der Waals surface area (Å²) in [4.78, 5) is 42.4. The van der Waals surface area contributed by atoms with Gasteiger partial charge in [-0.1, -0.05) is 23.4 Å². The Labute approximate surface area is 188 Å². The number of hydrogen-bond donors (Lipinski definition) is 1. The van der Waals surface area contributed by atoms with Gasteiger partial charge in [-0.25, -0.2) is 4.68 Å². The van der Waals surface area contributed by atoms with Crippen molar-refractivity contribution in [2.75, 3.05) is 0 Å². The Balaban J connectivity index is 1.28. The number of imide groups is 1. The average Bonchev–Trinajstić information content (AvgIpc) is 3.44. The standard InChI is InChI=1S/C24H18N6O3/c31-22-6-5-21(23(32)26-22)29-12-17-3-4-18(10-19(17)24(29)33)30-13-20(27-28-30)15-1-2-16-11-25-8-7-14(16)9-15/h1-4,7-11,13,21H,5-6,12H2,(H,26,31,32). The van der Waals surface area contributed by atoms with E-state index in [-0.39, 0.29) is 18.2 Å². The average molecular weight is 438 g/mol. The number of carbonyl (C=O) groups is 3. The molecule has 1 unspecified atom stereocenters. The molecule has 2 aliphatic heterocycles. The third-order valence-corrected chi connectivity index (χ3v) is 6.21. The van der Waals surface area contributed by atoms with Gasteiger partial charge in [-0.3, -0.25) is 24.7 Å². The van der Waals surface area contributed by atoms with Gasteiger partial charge in [0.1, 0.15) is 11.7 Å². The number of nitrogens with one attached hydrogen (secondary N) is 1. The number of amides is 3. The van der Waals surface area contributed by atoms with E-state index in [0.717, 1.165) is 21.9 Å². The number of aromatic nitrogens is 4. The van der Waals surface area contributed by atoms with E-state index >= 15 is 0 Å². The highest BCUT2D eigenvalue weighted by Crippen LogP contribution is 2.29. The molecule has 0 aliphatic carbocycles. The first-order valence-electron chi connectivity index (χ1n) is 10.6. The minimum atomic E-state index is -0.632. The minimum absolute atomic E-state index is 0.218. The normalized spacial score (nSPS) is 18.0. The number of hydrogen-bond acceptors (Lipinski definition) is 6. The van der Waals surface area contributed by atoms with Crippen molar-refractivity contribution in [2.24, 2.45) is 0 Å². The summed E-state index contributed by atoms with van der Waals surface area (Å²) in [7, 11) is 0. The molecule has 33 heavy (non-hydrogen) atoms. The van der Waals surface area contributed by atoms with Crippen molar-refractivity contribution in [2.45, 2.75) is 25.4 Å². The van der Waals surface area contributed by atoms with Crippen LogP contribution in [0.4, 0.5) is 0 Å². The number of fused-ring (bicyclic) bond motifs is 2. The number of rotatable bonds is 3. The molecule has 1 saturated heterocycles. The van der Waals surface area contributed by atoms with Crippen LogP contribution in [-0.4, -0.2) is 48.6 Å². The van der Waals surface area contributed by atoms with Crippen LogP contribution in [0.1, 0.15) is 28.8 Å². The molecule has 2 aromatic heterocycles. The van der Waals surface area contributed by atoms with Crippen molar-refractivity contribution in [1.29, 1.82) is 0 Å². The summed E-state index contributed by atoms with van der Waals surface area (Å²) in [6.07, 6.45) is 5.96. The molecule has 9 heteroatoms. The number of benzene rings is 2. The molecule has 2 aromatic carbocycles. The van der Waals surface area contributed by atoms with Gasteiger partial charge in [0.05, 0.1) is 11.9 Å². The fourth-order valence-electron chi connectivity index (χ4n) is 4.45. The third-order valence-electron chi connectivity index (χ3n) is 6.21. The van der Waals surface area contributed by atoms with Crippen LogP contribution in [0.2, 0.25) is 0 Å². The molecule has 3 amide bonds. The van der Waals surface area contributed by atoms with Crippen molar-refractivity contribution >= 4 is 28.5 Å². The fraction of sp³-hybridized carbons (Fsp3) is 0.167. The second kappa shape index (κ2) is 7.33. The van der Waals surface area contributed by atoms with Crippen LogP contribution in [0.25, 0.3) is 27.7 Å². The van der Waals surface area contributed by atoms with E-state index < -0.39 is 11.9 Å². The van der Waals surface area contributed by atoms with Crippen LogP contribution < -0.4 is 5.32 Å². The second-order valence-electron chi connectivity index (χ2n) is 8.23. The molecule has 4 aromatic rings. The van der Waals surface area contributed by atoms with Crippen LogP contribution in [0.15, 0.2) is 61.1 Å². The Morgan fingerprint density at radius 1 is 1.00 bits per heavy atom. The first-order valence-corrected chi connectivity index (χ1v) is 10.6. The van der Waals surface area contributed by atoms with Crippen LogP contribution >= 0.6 is 0 Å². The topological polar surface area (TPSA) is 110 Å². The lowest BCUT2D eigenvalue weighted by Crippen LogP contribution is -2.52. The zero-order valence-electron chi connectivity index (χ0n) is 17.4. The Bertz CT molecular complexity index is 1460. The Kier molecular flexibility index (Phi) is 4.29. The van der Waals surface area contributed by atoms with Crippen molar-refractivity contribution in [3.63, 3.8) is 0 Å². The lowest BCUT2D eigenvalue weighted by atomic mass is 10.0. The molecule has 0 radical (unpaired) electrons. The largest absolute Gasteiger partial charge is 0.322 e. The van der Waals surface area contributed by atoms with E-state index in [2.05, 4.69) is 20.6 Å². The summed E-state index contributed by atoms with van der Waals surface area (Å²) in [6, 6.07) is 12.8. The smallest absolute Gasteiger partial charge is 0.255 e. The van der Waals surface area contributed by atoms with E-state index in [1.807, 2.05) is 48.8 Å². The SMILES string of the molecule is O=C1CCC(N2Cc3ccc(-n4cc(-c5ccc6cnccc6c5)nn4)cc3C2=O)C(=O)N1. The summed E-state index contributed by atoms with van der Waals surface area (Å²) in [5, 5.41) is 13.0. The molecule has 6 rings (SSSR count). The van der Waals surface area contributed by atoms with Gasteiger partial charge in [0.2, 0.25) is 11.8 Å². The van der Waals surface area contributed by atoms with E-state index in [4.69, 9.17) is 0 Å². The number of nitrogens with zero attached hydrogens (tertiary/aromatic N) is 5. The predicted molar refractivity (Wildman–Crippen MR) is 118 cm³/mol. The van der Waals surface area contributed by atoms with Gasteiger partial charge in [-0.05, 0) is 41.6 Å². The van der Waals surface area contributed by atoms with Crippen molar-refractivity contribution < 1.29 is 14.4 Å². The highest BCUT2D eigenvalue weighted by atomic mass is 16.2. The summed E-state index contributed by atoms with van der Waals surface area (Å²) in [5.41, 5.74) is 3.73. The molecule has 1 atom stereocenters. The Morgan fingerprint density at radius 2 is 1.91 bits per heavy atom. The van der Waals surface area contributed by atoms with Gasteiger partial charge in [-0.2, -0.15) is 0 Å². The quantitative estimate of drug-likeness (QED) is 0.491. The first-order chi connectivity index (χ1) is 16.1. The molecule has 4 heterocycles. The molecule has 1 fully saturated rings. The molecule has 0 spiro atoms. The molecular weight excluding hydrogens is 420 g/mol. The van der Waals surface area contributed by atoms with Crippen LogP contribution in [0.5, 0.6) is 0 Å². The molecule has 2 aliphatic rings. The second-order valence-corrected chi connectivity index (χ2v) is 8.23. The van der Waals surface area contributed by atoms with E-state index in [0.29, 0.717) is 29.9 Å². The maximum atomic E-state index is 13.1. The molecule has 0 bridgehead atoms. The van der Waals surface area contributed by atoms with Gasteiger partial charge in [0, 0.05) is 41.9 Å². The van der Waals surface area contributed by atoms with E-state index in [1.54, 1.807) is 16.9 Å². The lowest BCUT2D eigenvalue weighted by molar-refractivity contribution is -0.136. The van der Waals surface area contributed by atoms with Gasteiger partial charge < -0.3 is 4.90 Å². The van der Waals surface area contributed by atoms with Gasteiger partial charge in [0.25, 0.3) is 5.91 Å². The summed E-state index contributed by atoms with van der Waals surface area (Å²) in [5.74, 6) is -0.933. The van der Waals surface area contributed by atoms with Gasteiger partial charge in [-0.15, -0.1) is 5.10 Å². The highest BCUT2D eigenvalue weighted by Gasteiger charge is 2.39. The van der Waals surface area contributed by atoms with Crippen molar-refractivity contribution in [3.8, 4) is 16.9 Å². The Hall–Kier alpha value is -4.40. The maximum absolute atomic E-state index is 13.1. The summed E-state index contributed by atoms with van der Waals surface area (Å²) >= 11 is 0. The van der Waals surface area contributed by atoms with Gasteiger partial charge in [0.15, 0.2) is 0 Å². The molecule has 1 N–H and O–H groups in total. The summed E-state index contributed by atoms with van der Waals surface area (Å²) in [6.45, 7) is 0.343. The highest BCUT2D eigenvalue weighted by molar-refractivity contribution is 6.05. The van der Waals surface area contributed by atoms with Crippen LogP contribution in [-0.2, 0) is 16.1 Å². The van der Waals surface area contributed by atoms with Crippen LogP contribution in [0.3, 0.4) is 0 Å². The first kappa shape index (κ1) is 19.3. The molecule has 9 nitrogen and oxygen atoms in total. The van der Waals surface area contributed by atoms with E-state index in [1.165, 1.54) is 4.90 Å². The number of piperidine rings is 1. The molecule has 0 saturated carbocycles. The minimum Gasteiger partial charge on any atom is -0.322 e. The van der Waals surface area contributed by atoms with Crippen molar-refractivity contribution in [3.05, 3.63) is 72.2 Å². The van der Waals surface area contributed by atoms with Crippen LogP contribution in [0, 0.1) is 0 Å². The number of carbonyl (C=O) groups excluding carboxylic acids is 3. The summed E-state index contributed by atoms with van der Waals surface area (Å²) < 4.78 is 1.63. The Morgan fingerprint density at radius 3 is 2.79 bits per heavy atom. The van der Waals surface area contributed by atoms with Gasteiger partial charge >= 0.3 is 0 Å². The maximum Gasteiger partial charge on any atom is 0.255 e. The zero-order chi connectivity index (χ0) is 22.5. The fourth-order valence-corrected chi connectivity index (χ4v) is 4.45. The van der Waals surface area contributed by atoms with Crippen molar-refractivity contribution in [1.82, 2.24) is 30.2 Å². The third kappa shape index (κ3) is 3.25. The number of pyridine rings is 1. The monoisotopic (exact) mass is 438 g/mol. The molecular formula is C24H18N6O3. The lowest BCUT2D eigenvalue weighted by Gasteiger charge is -2.29. The zero-order valence-corrected chi connectivity index (χ0v) is 17.4. The molecule has 162 valence electrons. The predicted octanol–water partition coefficient (Wildman–Crippen LogP) is 2.24.